The van der Waals surface area contributed by atoms with Crippen LogP contribution >= 0.6 is 0 Å². The molecule has 3 aliphatic heterocycles. The largest absolute Gasteiger partial charge is 0.493 e. The second-order valence-electron chi connectivity index (χ2n) is 13.0. The molecular formula is C34H42O19. The molecule has 0 bridgehead atoms. The molecule has 53 heavy (non-hydrogen) atoms. The van der Waals surface area contributed by atoms with E-state index >= 15 is 0 Å². The van der Waals surface area contributed by atoms with Crippen LogP contribution in [0.3, 0.4) is 0 Å². The van der Waals surface area contributed by atoms with Crippen LogP contribution < -0.4 is 19.6 Å². The molecule has 19 heteroatoms. The number of ether oxygens (including phenoxy) is 7. The van der Waals surface area contributed by atoms with Gasteiger partial charge in [0.2, 0.25) is 18.0 Å². The van der Waals surface area contributed by atoms with Gasteiger partial charge in [-0.25, -0.2) is 0 Å². The zero-order valence-electron chi connectivity index (χ0n) is 28.3. The molecule has 0 amide bonds. The standard InChI is InChI=1S/C34H42O19/c1-12-22(36)26(40)29(43)32(49-12)48-11-21-25(39)28(42)31(45)34(53-21)51-19-8-17-15(7-18(19)46-2)23(37)16(10-47-17)13-3-5-14(6-4-13)50-33-30(44)27(41)24(38)20(9-35)52-33/h3-8,10,12,20-22,24-36,38-45H,9,11H2,1-2H3/t12-,20+,21+,22-,24+,25+,26+,27-,28-,29+,30+,31+,32+,33+,34+/m0/s1. The predicted molar refractivity (Wildman–Crippen MR) is 174 cm³/mol. The topological polar surface area (TPSA) is 297 Å². The van der Waals surface area contributed by atoms with Gasteiger partial charge in [0.25, 0.3) is 0 Å². The average molecular weight is 755 g/mol. The third kappa shape index (κ3) is 7.72. The summed E-state index contributed by atoms with van der Waals surface area (Å²) < 4.78 is 44.6. The summed E-state index contributed by atoms with van der Waals surface area (Å²) in [6.07, 6.45) is -21.2. The summed E-state index contributed by atoms with van der Waals surface area (Å²) in [7, 11) is 1.29. The Morgan fingerprint density at radius 2 is 1.25 bits per heavy atom. The van der Waals surface area contributed by atoms with E-state index in [2.05, 4.69) is 0 Å². The Morgan fingerprint density at radius 3 is 1.89 bits per heavy atom. The molecule has 0 unspecified atom stereocenters. The van der Waals surface area contributed by atoms with Crippen LogP contribution in [-0.2, 0) is 18.9 Å². The highest BCUT2D eigenvalue weighted by atomic mass is 16.7. The Morgan fingerprint density at radius 1 is 0.660 bits per heavy atom. The lowest BCUT2D eigenvalue weighted by Gasteiger charge is -2.42. The van der Waals surface area contributed by atoms with E-state index in [-0.39, 0.29) is 33.8 Å². The molecule has 10 N–H and O–H groups in total. The summed E-state index contributed by atoms with van der Waals surface area (Å²) in [5.41, 5.74) is 0.123. The Kier molecular flexibility index (Phi) is 11.9. The molecule has 0 radical (unpaired) electrons. The maximum atomic E-state index is 13.6. The molecule has 3 aliphatic rings. The smallest absolute Gasteiger partial charge is 0.229 e. The highest BCUT2D eigenvalue weighted by Gasteiger charge is 2.48. The van der Waals surface area contributed by atoms with Crippen LogP contribution in [0.25, 0.3) is 22.1 Å². The zero-order chi connectivity index (χ0) is 38.3. The van der Waals surface area contributed by atoms with E-state index in [1.807, 2.05) is 0 Å². The van der Waals surface area contributed by atoms with E-state index in [1.165, 1.54) is 56.7 Å². The van der Waals surface area contributed by atoms with Crippen molar-refractivity contribution in [3.8, 4) is 28.4 Å². The van der Waals surface area contributed by atoms with E-state index < -0.39 is 111 Å². The van der Waals surface area contributed by atoms with Crippen LogP contribution in [0, 0.1) is 0 Å². The van der Waals surface area contributed by atoms with Gasteiger partial charge in [0.05, 0.1) is 37.4 Å². The van der Waals surface area contributed by atoms with Gasteiger partial charge in [-0.05, 0) is 30.7 Å². The minimum atomic E-state index is -1.79. The number of hydrogen-bond donors (Lipinski definition) is 10. The lowest BCUT2D eigenvalue weighted by atomic mass is 9.98. The molecule has 6 rings (SSSR count). The van der Waals surface area contributed by atoms with Gasteiger partial charge in [-0.2, -0.15) is 0 Å². The first-order chi connectivity index (χ1) is 25.2. The van der Waals surface area contributed by atoms with E-state index in [0.717, 1.165) is 0 Å². The molecule has 3 aromatic rings. The fourth-order valence-corrected chi connectivity index (χ4v) is 6.22. The Balaban J connectivity index is 1.17. The molecule has 19 nitrogen and oxygen atoms in total. The van der Waals surface area contributed by atoms with Crippen molar-refractivity contribution in [3.05, 3.63) is 52.9 Å². The first-order valence-corrected chi connectivity index (χ1v) is 16.6. The fraction of sp³-hybridized carbons (Fsp3) is 0.559. The molecule has 0 aliphatic carbocycles. The number of aliphatic hydroxyl groups is 10. The molecule has 1 aromatic heterocycles. The lowest BCUT2D eigenvalue weighted by molar-refractivity contribution is -0.318. The van der Waals surface area contributed by atoms with E-state index in [9.17, 15) is 55.9 Å². The number of aliphatic hydroxyl groups excluding tert-OH is 10. The van der Waals surface area contributed by atoms with Crippen LogP contribution in [-0.4, -0.2) is 164 Å². The van der Waals surface area contributed by atoms with Crippen molar-refractivity contribution in [2.75, 3.05) is 20.3 Å². The maximum Gasteiger partial charge on any atom is 0.229 e. The Bertz CT molecular complexity index is 1750. The lowest BCUT2D eigenvalue weighted by Crippen LogP contribution is -2.61. The van der Waals surface area contributed by atoms with E-state index in [1.54, 1.807) is 0 Å². The monoisotopic (exact) mass is 754 g/mol. The first-order valence-electron chi connectivity index (χ1n) is 16.6. The van der Waals surface area contributed by atoms with Crippen molar-refractivity contribution in [2.24, 2.45) is 0 Å². The highest BCUT2D eigenvalue weighted by molar-refractivity contribution is 5.84. The van der Waals surface area contributed by atoms with Crippen molar-refractivity contribution in [2.45, 2.75) is 99.0 Å². The summed E-state index contributed by atoms with van der Waals surface area (Å²) >= 11 is 0. The number of benzene rings is 2. The van der Waals surface area contributed by atoms with Crippen LogP contribution in [0.1, 0.15) is 6.92 Å². The van der Waals surface area contributed by atoms with Crippen molar-refractivity contribution in [1.82, 2.24) is 0 Å². The van der Waals surface area contributed by atoms with Crippen LogP contribution in [0.4, 0.5) is 0 Å². The van der Waals surface area contributed by atoms with Gasteiger partial charge in [0, 0.05) is 6.07 Å². The van der Waals surface area contributed by atoms with E-state index in [4.69, 9.17) is 37.6 Å². The van der Waals surface area contributed by atoms with Gasteiger partial charge in [-0.3, -0.25) is 4.79 Å². The summed E-state index contributed by atoms with van der Waals surface area (Å²) in [6, 6.07) is 8.63. The minimum absolute atomic E-state index is 0.00898. The average Bonchev–Trinajstić information content (AvgIpc) is 3.16. The zero-order valence-corrected chi connectivity index (χ0v) is 28.3. The normalized spacial score (nSPS) is 37.7. The van der Waals surface area contributed by atoms with Gasteiger partial charge < -0.3 is 88.6 Å². The van der Waals surface area contributed by atoms with Crippen molar-refractivity contribution in [1.29, 1.82) is 0 Å². The second kappa shape index (κ2) is 16.1. The molecule has 15 atom stereocenters. The number of fused-ring (bicyclic) bond motifs is 1. The van der Waals surface area contributed by atoms with Crippen molar-refractivity contribution >= 4 is 11.0 Å². The van der Waals surface area contributed by atoms with Crippen molar-refractivity contribution in [3.63, 3.8) is 0 Å². The van der Waals surface area contributed by atoms with E-state index in [0.29, 0.717) is 5.56 Å². The van der Waals surface area contributed by atoms with Crippen LogP contribution in [0.2, 0.25) is 0 Å². The second-order valence-corrected chi connectivity index (χ2v) is 13.0. The van der Waals surface area contributed by atoms with Gasteiger partial charge in [-0.1, -0.05) is 12.1 Å². The Hall–Kier alpha value is -3.51. The third-order valence-corrected chi connectivity index (χ3v) is 9.47. The van der Waals surface area contributed by atoms with Crippen LogP contribution in [0.5, 0.6) is 17.2 Å². The SMILES string of the molecule is COc1cc2c(=O)c(-c3ccc(O[C@@H]4O[C@H](CO)[C@@H](O)[C@H](O)[C@H]4O)cc3)coc2cc1O[C@@H]1O[C@H](CO[C@@H]2O[C@@H](C)[C@H](O)[C@@H](O)[C@H]2O)[C@@H](O)[C@H](O)[C@H]1O. The Labute approximate surface area is 300 Å². The quantitative estimate of drug-likeness (QED) is 0.0968. The summed E-state index contributed by atoms with van der Waals surface area (Å²) in [5.74, 6) is 0.114. The molecule has 3 saturated heterocycles. The molecule has 4 heterocycles. The first kappa shape index (κ1) is 39.2. The predicted octanol–water partition coefficient (Wildman–Crippen LogP) is -3.32. The minimum Gasteiger partial charge on any atom is -0.493 e. The summed E-state index contributed by atoms with van der Waals surface area (Å²) in [4.78, 5) is 13.6. The van der Waals surface area contributed by atoms with Gasteiger partial charge in [0.1, 0.15) is 84.7 Å². The molecular weight excluding hydrogens is 712 g/mol. The summed E-state index contributed by atoms with van der Waals surface area (Å²) in [5, 5.41) is 102. The number of methoxy groups -OCH3 is 1. The van der Waals surface area contributed by atoms with Crippen molar-refractivity contribution < 1.29 is 88.6 Å². The summed E-state index contributed by atoms with van der Waals surface area (Å²) in [6.45, 7) is 0.329. The van der Waals surface area contributed by atoms with Crippen LogP contribution in [0.15, 0.2) is 51.9 Å². The molecule has 292 valence electrons. The molecule has 0 spiro atoms. The number of rotatable bonds is 10. The highest BCUT2D eigenvalue weighted by Crippen LogP contribution is 2.36. The fourth-order valence-electron chi connectivity index (χ4n) is 6.22. The third-order valence-electron chi connectivity index (χ3n) is 9.47. The van der Waals surface area contributed by atoms with Gasteiger partial charge in [-0.15, -0.1) is 0 Å². The maximum absolute atomic E-state index is 13.6. The molecule has 0 saturated carbocycles. The van der Waals surface area contributed by atoms with Gasteiger partial charge >= 0.3 is 0 Å². The number of hydrogen-bond acceptors (Lipinski definition) is 19. The molecule has 2 aromatic carbocycles. The molecule has 3 fully saturated rings. The van der Waals surface area contributed by atoms with Gasteiger partial charge in [0.15, 0.2) is 17.8 Å².